The molecule has 6 heteroatoms. The van der Waals surface area contributed by atoms with Crippen LogP contribution in [0.5, 0.6) is 0 Å². The summed E-state index contributed by atoms with van der Waals surface area (Å²) in [5.41, 5.74) is 1.64. The lowest BCUT2D eigenvalue weighted by atomic mass is 10.1. The number of halogens is 1. The first-order valence-electron chi connectivity index (χ1n) is 7.41. The van der Waals surface area contributed by atoms with Crippen LogP contribution in [0.2, 0.25) is 0 Å². The maximum absolute atomic E-state index is 11.6. The molecule has 1 unspecified atom stereocenters. The van der Waals surface area contributed by atoms with Crippen LogP contribution in [0.1, 0.15) is 22.3 Å². The van der Waals surface area contributed by atoms with Crippen LogP contribution in [-0.2, 0) is 20.8 Å². The number of carbonyl (C=O) groups excluding carboxylic acids is 1. The molecule has 0 spiro atoms. The first-order chi connectivity index (χ1) is 10.7. The van der Waals surface area contributed by atoms with E-state index >= 15 is 0 Å². The minimum absolute atomic E-state index is 0.0328. The second kappa shape index (κ2) is 9.25. The molecular formula is C16H22BrNO4. The van der Waals surface area contributed by atoms with Crippen molar-refractivity contribution in [3.63, 3.8) is 0 Å². The molecule has 1 aliphatic rings. The number of alkyl halides is 1. The maximum Gasteiger partial charge on any atom is 0.337 e. The standard InChI is InChI=1S/C16H22BrNO4/c1-20-16(19)14-5-2-4-13(10-14)11-18-7-9-21-12-15(18)22-8-3-6-17/h2,4-5,10,15H,3,6-9,11-12H2,1H3. The zero-order valence-electron chi connectivity index (χ0n) is 12.8. The van der Waals surface area contributed by atoms with Gasteiger partial charge in [-0.05, 0) is 24.1 Å². The van der Waals surface area contributed by atoms with E-state index in [1.165, 1.54) is 7.11 Å². The van der Waals surface area contributed by atoms with Crippen molar-refractivity contribution in [3.8, 4) is 0 Å². The summed E-state index contributed by atoms with van der Waals surface area (Å²) < 4.78 is 16.2. The van der Waals surface area contributed by atoms with E-state index in [1.54, 1.807) is 6.07 Å². The molecule has 0 bridgehead atoms. The van der Waals surface area contributed by atoms with E-state index in [1.807, 2.05) is 18.2 Å². The molecule has 0 saturated carbocycles. The average Bonchev–Trinajstić information content (AvgIpc) is 2.56. The van der Waals surface area contributed by atoms with Crippen molar-refractivity contribution in [2.75, 3.05) is 38.8 Å². The van der Waals surface area contributed by atoms with E-state index < -0.39 is 0 Å². The average molecular weight is 372 g/mol. The van der Waals surface area contributed by atoms with E-state index in [0.717, 1.165) is 30.4 Å². The van der Waals surface area contributed by atoms with Crippen LogP contribution < -0.4 is 0 Å². The maximum atomic E-state index is 11.6. The normalized spacial score (nSPS) is 19.1. The van der Waals surface area contributed by atoms with Gasteiger partial charge in [-0.25, -0.2) is 4.79 Å². The summed E-state index contributed by atoms with van der Waals surface area (Å²) in [6, 6.07) is 7.52. The van der Waals surface area contributed by atoms with Gasteiger partial charge in [0.15, 0.2) is 0 Å². The second-order valence-corrected chi connectivity index (χ2v) is 5.90. The number of carbonyl (C=O) groups is 1. The van der Waals surface area contributed by atoms with Gasteiger partial charge in [0.05, 0.1) is 25.9 Å². The number of hydrogen-bond acceptors (Lipinski definition) is 5. The van der Waals surface area contributed by atoms with Crippen LogP contribution >= 0.6 is 15.9 Å². The summed E-state index contributed by atoms with van der Waals surface area (Å²) in [5, 5.41) is 0.932. The molecule has 1 heterocycles. The van der Waals surface area contributed by atoms with Crippen molar-refractivity contribution in [1.29, 1.82) is 0 Å². The van der Waals surface area contributed by atoms with Gasteiger partial charge in [0.1, 0.15) is 6.23 Å². The Labute approximate surface area is 139 Å². The van der Waals surface area contributed by atoms with Crippen LogP contribution in [0.25, 0.3) is 0 Å². The van der Waals surface area contributed by atoms with E-state index in [4.69, 9.17) is 14.2 Å². The number of morpholine rings is 1. The molecule has 0 aliphatic carbocycles. The fourth-order valence-electron chi connectivity index (χ4n) is 2.37. The molecule has 0 N–H and O–H groups in total. The van der Waals surface area contributed by atoms with Crippen LogP contribution in [-0.4, -0.2) is 55.9 Å². The highest BCUT2D eigenvalue weighted by molar-refractivity contribution is 9.09. The summed E-state index contributed by atoms with van der Waals surface area (Å²) >= 11 is 3.40. The van der Waals surface area contributed by atoms with Crippen molar-refractivity contribution in [1.82, 2.24) is 4.90 Å². The summed E-state index contributed by atoms with van der Waals surface area (Å²) in [6.45, 7) is 3.54. The molecule has 1 aromatic carbocycles. The van der Waals surface area contributed by atoms with Crippen molar-refractivity contribution in [2.45, 2.75) is 19.2 Å². The highest BCUT2D eigenvalue weighted by atomic mass is 79.9. The van der Waals surface area contributed by atoms with E-state index in [2.05, 4.69) is 20.8 Å². The summed E-state index contributed by atoms with van der Waals surface area (Å²) in [6.07, 6.45) is 0.942. The Kier molecular flexibility index (Phi) is 7.32. The minimum atomic E-state index is -0.311. The predicted molar refractivity (Wildman–Crippen MR) is 87.2 cm³/mol. The molecule has 1 aromatic rings. The lowest BCUT2D eigenvalue weighted by Crippen LogP contribution is -2.46. The molecule has 1 fully saturated rings. The summed E-state index contributed by atoms with van der Waals surface area (Å²) in [4.78, 5) is 13.9. The molecule has 5 nitrogen and oxygen atoms in total. The van der Waals surface area contributed by atoms with Gasteiger partial charge >= 0.3 is 5.97 Å². The fraction of sp³-hybridized carbons (Fsp3) is 0.562. The Morgan fingerprint density at radius 1 is 1.50 bits per heavy atom. The van der Waals surface area contributed by atoms with Crippen molar-refractivity contribution in [3.05, 3.63) is 35.4 Å². The SMILES string of the molecule is COC(=O)c1cccc(CN2CCOCC2OCCCBr)c1. The van der Waals surface area contributed by atoms with E-state index in [0.29, 0.717) is 25.4 Å². The van der Waals surface area contributed by atoms with Gasteiger partial charge in [-0.15, -0.1) is 0 Å². The van der Waals surface area contributed by atoms with Crippen LogP contribution in [0, 0.1) is 0 Å². The smallest absolute Gasteiger partial charge is 0.337 e. The molecule has 0 radical (unpaired) electrons. The monoisotopic (exact) mass is 371 g/mol. The Morgan fingerprint density at radius 3 is 3.14 bits per heavy atom. The molecule has 0 amide bonds. The highest BCUT2D eigenvalue weighted by Crippen LogP contribution is 2.15. The van der Waals surface area contributed by atoms with E-state index in [9.17, 15) is 4.79 Å². The Hall–Kier alpha value is -0.950. The number of rotatable bonds is 7. The molecule has 22 heavy (non-hydrogen) atoms. The fourth-order valence-corrected chi connectivity index (χ4v) is 2.60. The lowest BCUT2D eigenvalue weighted by Gasteiger charge is -2.35. The lowest BCUT2D eigenvalue weighted by molar-refractivity contribution is -0.142. The Bertz CT molecular complexity index is 483. The molecule has 1 aliphatic heterocycles. The van der Waals surface area contributed by atoms with Crippen molar-refractivity contribution >= 4 is 21.9 Å². The van der Waals surface area contributed by atoms with Gasteiger partial charge in [-0.1, -0.05) is 28.1 Å². The third-order valence-electron chi connectivity index (χ3n) is 3.51. The van der Waals surface area contributed by atoms with Crippen molar-refractivity contribution < 1.29 is 19.0 Å². The van der Waals surface area contributed by atoms with Gasteiger partial charge in [0.2, 0.25) is 0 Å². The van der Waals surface area contributed by atoms with Gasteiger partial charge in [0, 0.05) is 25.0 Å². The molecule has 0 aromatic heterocycles. The van der Waals surface area contributed by atoms with Crippen LogP contribution in [0.3, 0.4) is 0 Å². The molecule has 1 atom stereocenters. The third kappa shape index (κ3) is 5.05. The number of nitrogens with zero attached hydrogens (tertiary/aromatic N) is 1. The summed E-state index contributed by atoms with van der Waals surface area (Å²) in [7, 11) is 1.39. The van der Waals surface area contributed by atoms with Gasteiger partial charge in [-0.3, -0.25) is 4.90 Å². The van der Waals surface area contributed by atoms with Crippen LogP contribution in [0.4, 0.5) is 0 Å². The zero-order chi connectivity index (χ0) is 15.8. The number of ether oxygens (including phenoxy) is 3. The predicted octanol–water partition coefficient (Wildman–Crippen LogP) is 2.43. The number of hydrogen-bond donors (Lipinski definition) is 0. The minimum Gasteiger partial charge on any atom is -0.465 e. The summed E-state index contributed by atoms with van der Waals surface area (Å²) in [5.74, 6) is -0.311. The first kappa shape index (κ1) is 17.4. The number of esters is 1. The Balaban J connectivity index is 1.98. The quantitative estimate of drug-likeness (QED) is 0.418. The Morgan fingerprint density at radius 2 is 2.36 bits per heavy atom. The molecular weight excluding hydrogens is 350 g/mol. The van der Waals surface area contributed by atoms with Gasteiger partial charge < -0.3 is 14.2 Å². The second-order valence-electron chi connectivity index (χ2n) is 5.11. The first-order valence-corrected chi connectivity index (χ1v) is 8.53. The van der Waals surface area contributed by atoms with Gasteiger partial charge in [-0.2, -0.15) is 0 Å². The zero-order valence-corrected chi connectivity index (χ0v) is 14.4. The highest BCUT2D eigenvalue weighted by Gasteiger charge is 2.23. The van der Waals surface area contributed by atoms with Gasteiger partial charge in [0.25, 0.3) is 0 Å². The molecule has 122 valence electrons. The number of methoxy groups -OCH3 is 1. The molecule has 2 rings (SSSR count). The third-order valence-corrected chi connectivity index (χ3v) is 4.07. The van der Waals surface area contributed by atoms with E-state index in [-0.39, 0.29) is 12.2 Å². The van der Waals surface area contributed by atoms with Crippen molar-refractivity contribution in [2.24, 2.45) is 0 Å². The topological polar surface area (TPSA) is 48.0 Å². The molecule has 1 saturated heterocycles. The van der Waals surface area contributed by atoms with Crippen LogP contribution in [0.15, 0.2) is 24.3 Å². The largest absolute Gasteiger partial charge is 0.465 e. The number of benzene rings is 1.